The fourth-order valence-corrected chi connectivity index (χ4v) is 3.02. The Bertz CT molecular complexity index is 607. The average Bonchev–Trinajstić information content (AvgIpc) is 2.53. The Hall–Kier alpha value is -2.24. The maximum Gasteiger partial charge on any atom is 0.262 e. The van der Waals surface area contributed by atoms with E-state index in [1.807, 2.05) is 23.1 Å². The van der Waals surface area contributed by atoms with Gasteiger partial charge in [-0.25, -0.2) is 0 Å². The number of rotatable bonds is 3. The van der Waals surface area contributed by atoms with E-state index in [0.29, 0.717) is 12.3 Å². The number of fused-ring (bicyclic) bond motifs is 1. The molecule has 1 fully saturated rings. The highest BCUT2D eigenvalue weighted by Crippen LogP contribution is 2.38. The van der Waals surface area contributed by atoms with Crippen LogP contribution in [0.15, 0.2) is 18.2 Å². The Kier molecular flexibility index (Phi) is 4.41. The Morgan fingerprint density at radius 3 is 2.70 bits per heavy atom. The molecule has 2 aliphatic heterocycles. The third-order valence-electron chi connectivity index (χ3n) is 4.17. The minimum absolute atomic E-state index is 0.0524. The van der Waals surface area contributed by atoms with Crippen LogP contribution in [-0.2, 0) is 9.59 Å². The van der Waals surface area contributed by atoms with Gasteiger partial charge in [-0.05, 0) is 18.1 Å². The summed E-state index contributed by atoms with van der Waals surface area (Å²) in [5, 5.41) is 2.83. The highest BCUT2D eigenvalue weighted by Gasteiger charge is 2.26. The molecule has 1 aromatic carbocycles. The third-order valence-corrected chi connectivity index (χ3v) is 4.17. The molecule has 2 amide bonds. The van der Waals surface area contributed by atoms with Crippen LogP contribution in [0.1, 0.15) is 20.3 Å². The number of piperazine rings is 1. The lowest BCUT2D eigenvalue weighted by Gasteiger charge is -2.37. The summed E-state index contributed by atoms with van der Waals surface area (Å²) < 4.78 is 5.61. The molecule has 2 aliphatic rings. The van der Waals surface area contributed by atoms with Crippen LogP contribution in [-0.4, -0.2) is 49.5 Å². The zero-order chi connectivity index (χ0) is 16.4. The summed E-state index contributed by atoms with van der Waals surface area (Å²) in [6, 6.07) is 5.76. The van der Waals surface area contributed by atoms with E-state index >= 15 is 0 Å². The number of hydrogen-bond acceptors (Lipinski definition) is 4. The predicted molar refractivity (Wildman–Crippen MR) is 88.8 cm³/mol. The first kappa shape index (κ1) is 15.6. The molecule has 0 aliphatic carbocycles. The summed E-state index contributed by atoms with van der Waals surface area (Å²) in [6.45, 7) is 7.18. The van der Waals surface area contributed by atoms with Crippen molar-refractivity contribution in [3.63, 3.8) is 0 Å². The standard InChI is InChI=1S/C17H23N3O3/c1-12(2)10-16(22)20-8-6-19(7-9-20)14-5-3-4-13-17(14)23-11-15(21)18-13/h3-5,12H,6-11H2,1-2H3,(H,18,21). The SMILES string of the molecule is CC(C)CC(=O)N1CCN(c2cccc3c2OCC(=O)N3)CC1. The van der Waals surface area contributed by atoms with Crippen molar-refractivity contribution in [2.75, 3.05) is 43.0 Å². The number of nitrogens with one attached hydrogen (secondary N) is 1. The maximum absolute atomic E-state index is 12.2. The number of hydrogen-bond donors (Lipinski definition) is 1. The summed E-state index contributed by atoms with van der Waals surface area (Å²) in [4.78, 5) is 27.7. The Labute approximate surface area is 136 Å². The van der Waals surface area contributed by atoms with Gasteiger partial charge in [-0.2, -0.15) is 0 Å². The van der Waals surface area contributed by atoms with Gasteiger partial charge in [0.05, 0.1) is 11.4 Å². The fourth-order valence-electron chi connectivity index (χ4n) is 3.02. The number of ether oxygens (including phenoxy) is 1. The third kappa shape index (κ3) is 3.41. The number of benzene rings is 1. The zero-order valence-electron chi connectivity index (χ0n) is 13.7. The maximum atomic E-state index is 12.2. The molecule has 6 heteroatoms. The number of carbonyl (C=O) groups is 2. The second kappa shape index (κ2) is 6.48. The normalized spacial score (nSPS) is 17.6. The van der Waals surface area contributed by atoms with Crippen LogP contribution in [0, 0.1) is 5.92 Å². The molecule has 1 N–H and O–H groups in total. The molecule has 0 saturated carbocycles. The zero-order valence-corrected chi connectivity index (χ0v) is 13.7. The van der Waals surface area contributed by atoms with Gasteiger partial charge in [0.15, 0.2) is 12.4 Å². The smallest absolute Gasteiger partial charge is 0.262 e. The van der Waals surface area contributed by atoms with Gasteiger partial charge in [0.2, 0.25) is 5.91 Å². The van der Waals surface area contributed by atoms with Crippen LogP contribution in [0.3, 0.4) is 0 Å². The van der Waals surface area contributed by atoms with E-state index in [9.17, 15) is 9.59 Å². The highest BCUT2D eigenvalue weighted by atomic mass is 16.5. The molecule has 124 valence electrons. The molecule has 2 heterocycles. The number of amides is 2. The Morgan fingerprint density at radius 2 is 2.00 bits per heavy atom. The number of anilines is 2. The Morgan fingerprint density at radius 1 is 1.26 bits per heavy atom. The van der Waals surface area contributed by atoms with Gasteiger partial charge in [-0.1, -0.05) is 19.9 Å². The topological polar surface area (TPSA) is 61.9 Å². The van der Waals surface area contributed by atoms with Crippen molar-refractivity contribution in [3.05, 3.63) is 18.2 Å². The van der Waals surface area contributed by atoms with E-state index in [4.69, 9.17) is 4.74 Å². The predicted octanol–water partition coefficient (Wildman–Crippen LogP) is 1.71. The van der Waals surface area contributed by atoms with Crippen LogP contribution in [0.2, 0.25) is 0 Å². The van der Waals surface area contributed by atoms with Crippen molar-refractivity contribution < 1.29 is 14.3 Å². The second-order valence-corrected chi connectivity index (χ2v) is 6.46. The molecule has 23 heavy (non-hydrogen) atoms. The minimum Gasteiger partial charge on any atom is -0.479 e. The second-order valence-electron chi connectivity index (χ2n) is 6.46. The van der Waals surface area contributed by atoms with Crippen molar-refractivity contribution >= 4 is 23.2 Å². The number of nitrogens with zero attached hydrogens (tertiary/aromatic N) is 2. The van der Waals surface area contributed by atoms with Gasteiger partial charge in [-0.15, -0.1) is 0 Å². The fraction of sp³-hybridized carbons (Fsp3) is 0.529. The van der Waals surface area contributed by atoms with Gasteiger partial charge in [0.25, 0.3) is 5.91 Å². The van der Waals surface area contributed by atoms with Gasteiger partial charge >= 0.3 is 0 Å². The molecule has 0 radical (unpaired) electrons. The molecule has 1 saturated heterocycles. The highest BCUT2D eigenvalue weighted by molar-refractivity contribution is 5.97. The molecule has 0 spiro atoms. The van der Waals surface area contributed by atoms with Crippen LogP contribution < -0.4 is 15.0 Å². The van der Waals surface area contributed by atoms with E-state index in [2.05, 4.69) is 24.1 Å². The monoisotopic (exact) mass is 317 g/mol. The largest absolute Gasteiger partial charge is 0.479 e. The first-order valence-corrected chi connectivity index (χ1v) is 8.13. The molecule has 1 aromatic rings. The molecule has 0 bridgehead atoms. The lowest BCUT2D eigenvalue weighted by Crippen LogP contribution is -2.49. The van der Waals surface area contributed by atoms with E-state index in [-0.39, 0.29) is 18.4 Å². The quantitative estimate of drug-likeness (QED) is 0.922. The number of carbonyl (C=O) groups excluding carboxylic acids is 2. The van der Waals surface area contributed by atoms with Gasteiger partial charge in [0.1, 0.15) is 0 Å². The molecule has 3 rings (SSSR count). The van der Waals surface area contributed by atoms with Crippen LogP contribution in [0.4, 0.5) is 11.4 Å². The van der Waals surface area contributed by atoms with E-state index in [1.165, 1.54) is 0 Å². The first-order chi connectivity index (χ1) is 11.0. The van der Waals surface area contributed by atoms with Gasteiger partial charge in [-0.3, -0.25) is 9.59 Å². The van der Waals surface area contributed by atoms with Crippen molar-refractivity contribution in [1.82, 2.24) is 4.90 Å². The number of para-hydroxylation sites is 1. The lowest BCUT2D eigenvalue weighted by atomic mass is 10.1. The molecular formula is C17H23N3O3. The van der Waals surface area contributed by atoms with Crippen LogP contribution in [0.5, 0.6) is 5.75 Å². The summed E-state index contributed by atoms with van der Waals surface area (Å²) in [7, 11) is 0. The van der Waals surface area contributed by atoms with Crippen LogP contribution in [0.25, 0.3) is 0 Å². The van der Waals surface area contributed by atoms with Gasteiger partial charge in [0, 0.05) is 32.6 Å². The van der Waals surface area contributed by atoms with E-state index in [0.717, 1.165) is 43.3 Å². The molecular weight excluding hydrogens is 294 g/mol. The van der Waals surface area contributed by atoms with E-state index < -0.39 is 0 Å². The average molecular weight is 317 g/mol. The summed E-state index contributed by atoms with van der Waals surface area (Å²) in [5.74, 6) is 1.23. The molecule has 6 nitrogen and oxygen atoms in total. The molecule has 0 atom stereocenters. The summed E-state index contributed by atoms with van der Waals surface area (Å²) in [5.41, 5.74) is 1.70. The van der Waals surface area contributed by atoms with Gasteiger partial charge < -0.3 is 19.9 Å². The first-order valence-electron chi connectivity index (χ1n) is 8.13. The van der Waals surface area contributed by atoms with Crippen molar-refractivity contribution in [1.29, 1.82) is 0 Å². The lowest BCUT2D eigenvalue weighted by molar-refractivity contribution is -0.132. The van der Waals surface area contributed by atoms with Crippen molar-refractivity contribution in [2.45, 2.75) is 20.3 Å². The Balaban J connectivity index is 1.68. The summed E-state index contributed by atoms with van der Waals surface area (Å²) >= 11 is 0. The minimum atomic E-state index is -0.126. The summed E-state index contributed by atoms with van der Waals surface area (Å²) in [6.07, 6.45) is 0.607. The van der Waals surface area contributed by atoms with Crippen molar-refractivity contribution in [2.24, 2.45) is 5.92 Å². The molecule has 0 unspecified atom stereocenters. The van der Waals surface area contributed by atoms with Crippen molar-refractivity contribution in [3.8, 4) is 5.75 Å². The van der Waals surface area contributed by atoms with Crippen LogP contribution >= 0.6 is 0 Å². The molecule has 0 aromatic heterocycles. The van der Waals surface area contributed by atoms with E-state index in [1.54, 1.807) is 0 Å².